The Labute approximate surface area is 194 Å². The summed E-state index contributed by atoms with van der Waals surface area (Å²) >= 11 is 0. The Kier molecular flexibility index (Phi) is 9.75. The molecule has 2 rings (SSSR count). The first-order valence-corrected chi connectivity index (χ1v) is 11.5. The van der Waals surface area contributed by atoms with Crippen molar-refractivity contribution in [2.75, 3.05) is 6.61 Å². The third-order valence-corrected chi connectivity index (χ3v) is 6.07. The number of carbonyl (C=O) groups excluding carboxylic acids is 2. The minimum absolute atomic E-state index is 0.170. The number of hydrogen-bond donors (Lipinski definition) is 5. The van der Waals surface area contributed by atoms with E-state index in [1.807, 2.05) is 20.8 Å². The number of esters is 1. The highest BCUT2D eigenvalue weighted by Crippen LogP contribution is 2.40. The lowest BCUT2D eigenvalue weighted by molar-refractivity contribution is -0.161. The van der Waals surface area contributed by atoms with Gasteiger partial charge in [-0.05, 0) is 38.3 Å². The normalized spacial score (nSPS) is 25.3. The third-order valence-electron chi connectivity index (χ3n) is 6.07. The van der Waals surface area contributed by atoms with Gasteiger partial charge in [0.15, 0.2) is 11.9 Å². The Hall–Kier alpha value is -2.56. The van der Waals surface area contributed by atoms with Crippen molar-refractivity contribution in [1.29, 1.82) is 5.41 Å². The van der Waals surface area contributed by atoms with E-state index in [-0.39, 0.29) is 17.7 Å². The summed E-state index contributed by atoms with van der Waals surface area (Å²) in [6.45, 7) is 6.96. The van der Waals surface area contributed by atoms with Crippen LogP contribution in [0.2, 0.25) is 0 Å². The number of hydrogen-bond acceptors (Lipinski definition) is 7. The Morgan fingerprint density at radius 1 is 1.36 bits per heavy atom. The van der Waals surface area contributed by atoms with Crippen LogP contribution in [-0.4, -0.2) is 64.2 Å². The average molecular weight is 465 g/mol. The second-order valence-electron chi connectivity index (χ2n) is 8.35. The zero-order valence-electron chi connectivity index (χ0n) is 19.8. The molecule has 4 atom stereocenters. The highest BCUT2D eigenvalue weighted by molar-refractivity contribution is 6.09. The minimum atomic E-state index is -1.31. The highest BCUT2D eigenvalue weighted by atomic mass is 16.6. The van der Waals surface area contributed by atoms with Crippen molar-refractivity contribution >= 4 is 24.1 Å². The number of unbranched alkanes of at least 4 members (excludes halogenated alkanes) is 1. The maximum atomic E-state index is 12.5. The molecule has 1 fully saturated rings. The average Bonchev–Trinajstić information content (AvgIpc) is 3.38. The van der Waals surface area contributed by atoms with Crippen molar-refractivity contribution in [1.82, 2.24) is 10.3 Å². The molecule has 33 heavy (non-hydrogen) atoms. The number of nitrogens with zero attached hydrogens (tertiary/aromatic N) is 1. The lowest BCUT2D eigenvalue weighted by Gasteiger charge is -2.27. The number of amidine groups is 1. The second kappa shape index (κ2) is 12.1. The first kappa shape index (κ1) is 26.7. The fraction of sp³-hybridized carbons (Fsp3) is 0.652. The van der Waals surface area contributed by atoms with E-state index in [1.54, 1.807) is 19.1 Å². The van der Waals surface area contributed by atoms with Crippen LogP contribution in [0, 0.1) is 11.3 Å². The molecule has 184 valence electrons. The molecule has 10 nitrogen and oxygen atoms in total. The van der Waals surface area contributed by atoms with E-state index >= 15 is 0 Å². The van der Waals surface area contributed by atoms with Gasteiger partial charge in [-0.2, -0.15) is 0 Å². The lowest BCUT2D eigenvalue weighted by atomic mass is 9.93. The number of ether oxygens (including phenoxy) is 2. The third kappa shape index (κ3) is 6.07. The molecule has 0 radical (unpaired) electrons. The molecule has 0 spiro atoms. The fourth-order valence-corrected chi connectivity index (χ4v) is 3.91. The van der Waals surface area contributed by atoms with E-state index in [0.29, 0.717) is 30.7 Å². The molecular weight excluding hydrogens is 428 g/mol. The Morgan fingerprint density at radius 3 is 2.64 bits per heavy atom. The van der Waals surface area contributed by atoms with Crippen molar-refractivity contribution in [3.8, 4) is 0 Å². The summed E-state index contributed by atoms with van der Waals surface area (Å²) in [5.74, 6) is -0.774. The molecule has 0 aliphatic carbocycles. The van der Waals surface area contributed by atoms with Crippen molar-refractivity contribution in [2.45, 2.75) is 83.7 Å². The van der Waals surface area contributed by atoms with Crippen molar-refractivity contribution in [3.05, 3.63) is 23.5 Å². The van der Waals surface area contributed by atoms with E-state index in [9.17, 15) is 19.8 Å². The number of aliphatic hydroxyl groups excluding tert-OH is 2. The summed E-state index contributed by atoms with van der Waals surface area (Å²) in [4.78, 5) is 31.7. The van der Waals surface area contributed by atoms with Crippen molar-refractivity contribution in [3.63, 3.8) is 0 Å². The number of carbonyl (C=O) groups is 2. The summed E-state index contributed by atoms with van der Waals surface area (Å²) in [5, 5.41) is 30.9. The number of aliphatic hydroxyl groups is 2. The number of amides is 1. The number of nitrogens with one attached hydrogen (secondary N) is 3. The SMILES string of the molecule is CCCCC(=O)N/C(=N/C=N)c1ccc([C@]2(C)O[C@H](CO)[C@@H](OC(=O)C(CC)CC)[C@H]2O)[nH]1. The lowest BCUT2D eigenvalue weighted by Crippen LogP contribution is -2.42. The van der Waals surface area contributed by atoms with Gasteiger partial charge in [-0.25, -0.2) is 4.99 Å². The topological polar surface area (TPSA) is 157 Å². The van der Waals surface area contributed by atoms with Crippen LogP contribution < -0.4 is 5.32 Å². The molecule has 1 saturated heterocycles. The van der Waals surface area contributed by atoms with Gasteiger partial charge in [0.1, 0.15) is 24.1 Å². The van der Waals surface area contributed by atoms with Gasteiger partial charge in [-0.15, -0.1) is 0 Å². The predicted molar refractivity (Wildman–Crippen MR) is 123 cm³/mol. The summed E-state index contributed by atoms with van der Waals surface area (Å²) in [6.07, 6.45) is 0.800. The number of H-pyrrole nitrogens is 1. The monoisotopic (exact) mass is 464 g/mol. The van der Waals surface area contributed by atoms with Crippen LogP contribution in [-0.2, 0) is 24.7 Å². The van der Waals surface area contributed by atoms with Gasteiger partial charge in [0.05, 0.1) is 23.9 Å². The minimum Gasteiger partial charge on any atom is -0.456 e. The molecule has 2 heterocycles. The maximum absolute atomic E-state index is 12.5. The molecular formula is C23H36N4O6. The molecule has 0 aromatic carbocycles. The molecule has 5 N–H and O–H groups in total. The van der Waals surface area contributed by atoms with E-state index < -0.39 is 36.5 Å². The largest absolute Gasteiger partial charge is 0.456 e. The standard InChI is InChI=1S/C23H36N4O6/c1-5-8-9-18(29)27-21(25-13-24)15-10-11-17(26-15)23(4)20(30)19(16(12-28)33-23)32-22(31)14(6-2)7-3/h10-11,13-14,16,19-20,26,28,30H,5-9,12H2,1-4H3,(H2,24,25,27,29)/t16-,19-,20-,23+/m1/s1. The van der Waals surface area contributed by atoms with E-state index in [4.69, 9.17) is 14.9 Å². The Bertz CT molecular complexity index is 850. The summed E-state index contributed by atoms with van der Waals surface area (Å²) < 4.78 is 11.5. The van der Waals surface area contributed by atoms with Crippen molar-refractivity contribution in [2.24, 2.45) is 10.9 Å². The van der Waals surface area contributed by atoms with Crippen LogP contribution in [0.1, 0.15) is 71.2 Å². The van der Waals surface area contributed by atoms with Crippen LogP contribution in [0.4, 0.5) is 0 Å². The number of aromatic amines is 1. The van der Waals surface area contributed by atoms with Gasteiger partial charge in [0, 0.05) is 6.42 Å². The van der Waals surface area contributed by atoms with Gasteiger partial charge < -0.3 is 30.0 Å². The van der Waals surface area contributed by atoms with Crippen LogP contribution in [0.15, 0.2) is 17.1 Å². The molecule has 1 aromatic rings. The smallest absolute Gasteiger partial charge is 0.309 e. The fourth-order valence-electron chi connectivity index (χ4n) is 3.91. The highest BCUT2D eigenvalue weighted by Gasteiger charge is 2.55. The Balaban J connectivity index is 2.25. The van der Waals surface area contributed by atoms with Gasteiger partial charge in [0.25, 0.3) is 0 Å². The number of rotatable bonds is 11. The molecule has 1 aliphatic heterocycles. The molecule has 0 saturated carbocycles. The van der Waals surface area contributed by atoms with Crippen LogP contribution in [0.25, 0.3) is 0 Å². The van der Waals surface area contributed by atoms with Crippen LogP contribution >= 0.6 is 0 Å². The first-order chi connectivity index (χ1) is 15.7. The summed E-state index contributed by atoms with van der Waals surface area (Å²) in [7, 11) is 0. The predicted octanol–water partition coefficient (Wildman–Crippen LogP) is 1.99. The van der Waals surface area contributed by atoms with Gasteiger partial charge in [-0.1, -0.05) is 27.2 Å². The number of aliphatic imine (C=N–C) groups is 1. The van der Waals surface area contributed by atoms with E-state index in [1.165, 1.54) is 0 Å². The molecule has 1 aromatic heterocycles. The quantitative estimate of drug-likeness (QED) is 0.191. The van der Waals surface area contributed by atoms with Gasteiger partial charge in [0.2, 0.25) is 5.91 Å². The van der Waals surface area contributed by atoms with Crippen molar-refractivity contribution < 1.29 is 29.3 Å². The summed E-state index contributed by atoms with van der Waals surface area (Å²) in [6, 6.07) is 3.31. The van der Waals surface area contributed by atoms with E-state index in [0.717, 1.165) is 19.2 Å². The molecule has 0 unspecified atom stereocenters. The first-order valence-electron chi connectivity index (χ1n) is 11.5. The molecule has 1 amide bonds. The second-order valence-corrected chi connectivity index (χ2v) is 8.35. The summed E-state index contributed by atoms with van der Waals surface area (Å²) in [5.41, 5.74) is -0.439. The van der Waals surface area contributed by atoms with Crippen LogP contribution in [0.5, 0.6) is 0 Å². The van der Waals surface area contributed by atoms with Crippen LogP contribution in [0.3, 0.4) is 0 Å². The zero-order valence-corrected chi connectivity index (χ0v) is 19.8. The van der Waals surface area contributed by atoms with Gasteiger partial charge >= 0.3 is 5.97 Å². The molecule has 0 bridgehead atoms. The zero-order chi connectivity index (χ0) is 24.6. The van der Waals surface area contributed by atoms with Gasteiger partial charge in [-0.3, -0.25) is 15.0 Å². The number of aromatic nitrogens is 1. The Morgan fingerprint density at radius 2 is 2.06 bits per heavy atom. The molecule has 1 aliphatic rings. The van der Waals surface area contributed by atoms with E-state index in [2.05, 4.69) is 15.3 Å². The maximum Gasteiger partial charge on any atom is 0.309 e. The molecule has 10 heteroatoms.